The number of aromatic carboxylic acids is 1. The van der Waals surface area contributed by atoms with E-state index in [4.69, 9.17) is 16.3 Å². The normalized spacial score (nSPS) is 11.3. The van der Waals surface area contributed by atoms with Crippen LogP contribution in [0.3, 0.4) is 0 Å². The third-order valence-electron chi connectivity index (χ3n) is 4.70. The fraction of sp³-hybridized carbons (Fsp3) is 0.174. The summed E-state index contributed by atoms with van der Waals surface area (Å²) in [5.41, 5.74) is 2.42. The second kappa shape index (κ2) is 9.96. The summed E-state index contributed by atoms with van der Waals surface area (Å²) >= 11 is 5.87. The minimum Gasteiger partial charge on any atom is -0.489 e. The molecule has 0 aromatic heterocycles. The summed E-state index contributed by atoms with van der Waals surface area (Å²) in [6, 6.07) is 18.9. The van der Waals surface area contributed by atoms with Crippen molar-refractivity contribution in [3.63, 3.8) is 0 Å². The number of benzene rings is 3. The Hall–Kier alpha value is -2.87. The van der Waals surface area contributed by atoms with Gasteiger partial charge >= 0.3 is 5.97 Å². The van der Waals surface area contributed by atoms with Gasteiger partial charge in [0.2, 0.25) is 10.0 Å². The Morgan fingerprint density at radius 2 is 1.65 bits per heavy atom. The molecule has 0 atom stereocenters. The summed E-state index contributed by atoms with van der Waals surface area (Å²) in [5, 5.41) is 9.86. The second-order valence-corrected chi connectivity index (χ2v) is 9.19. The third-order valence-corrected chi connectivity index (χ3v) is 6.41. The van der Waals surface area contributed by atoms with E-state index < -0.39 is 16.0 Å². The van der Waals surface area contributed by atoms with Gasteiger partial charge in [-0.15, -0.1) is 0 Å². The lowest BCUT2D eigenvalue weighted by Gasteiger charge is -2.10. The van der Waals surface area contributed by atoms with Crippen LogP contribution >= 0.6 is 11.6 Å². The summed E-state index contributed by atoms with van der Waals surface area (Å²) in [6.45, 7) is 2.23. The van der Waals surface area contributed by atoms with Gasteiger partial charge in [0, 0.05) is 11.6 Å². The van der Waals surface area contributed by atoms with E-state index >= 15 is 0 Å². The van der Waals surface area contributed by atoms with Crippen molar-refractivity contribution in [1.82, 2.24) is 4.72 Å². The molecule has 3 aromatic carbocycles. The van der Waals surface area contributed by atoms with Gasteiger partial charge in [0.25, 0.3) is 0 Å². The van der Waals surface area contributed by atoms with E-state index in [0.29, 0.717) is 29.4 Å². The highest BCUT2D eigenvalue weighted by Gasteiger charge is 2.17. The fourth-order valence-corrected chi connectivity index (χ4v) is 4.10. The van der Waals surface area contributed by atoms with Crippen LogP contribution in [0.2, 0.25) is 5.02 Å². The van der Waals surface area contributed by atoms with Crippen molar-refractivity contribution in [1.29, 1.82) is 0 Å². The van der Waals surface area contributed by atoms with Gasteiger partial charge in [-0.05, 0) is 66.4 Å². The highest BCUT2D eigenvalue weighted by Crippen LogP contribution is 2.17. The van der Waals surface area contributed by atoms with Crippen LogP contribution < -0.4 is 9.46 Å². The molecule has 162 valence electrons. The topological polar surface area (TPSA) is 92.7 Å². The zero-order valence-corrected chi connectivity index (χ0v) is 18.4. The molecule has 31 heavy (non-hydrogen) atoms. The van der Waals surface area contributed by atoms with Gasteiger partial charge in [0.15, 0.2) is 0 Å². The van der Waals surface area contributed by atoms with Crippen molar-refractivity contribution in [2.24, 2.45) is 0 Å². The number of ether oxygens (including phenoxy) is 1. The first-order valence-electron chi connectivity index (χ1n) is 9.54. The van der Waals surface area contributed by atoms with Gasteiger partial charge in [0.05, 0.1) is 10.5 Å². The molecule has 0 saturated heterocycles. The van der Waals surface area contributed by atoms with Gasteiger partial charge in [-0.25, -0.2) is 17.9 Å². The summed E-state index contributed by atoms with van der Waals surface area (Å²) in [4.78, 5) is 11.2. The third kappa shape index (κ3) is 6.30. The highest BCUT2D eigenvalue weighted by molar-refractivity contribution is 7.89. The zero-order valence-electron chi connectivity index (χ0n) is 16.8. The largest absolute Gasteiger partial charge is 0.489 e. The maximum absolute atomic E-state index is 12.5. The number of nitrogens with one attached hydrogen (secondary N) is 1. The first-order chi connectivity index (χ1) is 14.7. The van der Waals surface area contributed by atoms with Crippen LogP contribution in [0.4, 0.5) is 0 Å². The smallest absolute Gasteiger partial charge is 0.335 e. The van der Waals surface area contributed by atoms with Gasteiger partial charge in [-0.2, -0.15) is 0 Å². The number of hydrogen-bond donors (Lipinski definition) is 2. The monoisotopic (exact) mass is 459 g/mol. The molecule has 0 radical (unpaired) electrons. The predicted molar refractivity (Wildman–Crippen MR) is 119 cm³/mol. The van der Waals surface area contributed by atoms with Gasteiger partial charge in [-0.1, -0.05) is 41.9 Å². The standard InChI is InChI=1S/C23H22ClNO5S/c1-16-2-11-21(14-22(16)23(26)27)31(28,29)25-13-12-17-5-9-20(10-6-17)30-15-18-3-7-19(24)8-4-18/h2-11,14,25H,12-13,15H2,1H3,(H,26,27). The summed E-state index contributed by atoms with van der Waals surface area (Å²) < 4.78 is 33.2. The van der Waals surface area contributed by atoms with Gasteiger partial charge < -0.3 is 9.84 Å². The molecular weight excluding hydrogens is 438 g/mol. The maximum atomic E-state index is 12.5. The number of hydrogen-bond acceptors (Lipinski definition) is 4. The van der Waals surface area contributed by atoms with Gasteiger partial charge in [0.1, 0.15) is 12.4 Å². The number of carboxylic acids is 1. The van der Waals surface area contributed by atoms with Crippen molar-refractivity contribution in [2.45, 2.75) is 24.8 Å². The molecule has 0 aliphatic carbocycles. The molecule has 0 aliphatic heterocycles. The summed E-state index contributed by atoms with van der Waals surface area (Å²) in [6.07, 6.45) is 0.480. The van der Waals surface area contributed by atoms with Crippen LogP contribution in [0, 0.1) is 6.92 Å². The average Bonchev–Trinajstić information content (AvgIpc) is 2.74. The maximum Gasteiger partial charge on any atom is 0.335 e. The van der Waals surface area contributed by atoms with Crippen LogP contribution in [0.15, 0.2) is 71.6 Å². The van der Waals surface area contributed by atoms with Crippen LogP contribution in [0.5, 0.6) is 5.75 Å². The molecular formula is C23H22ClNO5S. The molecule has 2 N–H and O–H groups in total. The van der Waals surface area contributed by atoms with Crippen molar-refractivity contribution >= 4 is 27.6 Å². The second-order valence-electron chi connectivity index (χ2n) is 6.99. The molecule has 0 spiro atoms. The van der Waals surface area contributed by atoms with Crippen molar-refractivity contribution in [3.8, 4) is 5.75 Å². The molecule has 8 heteroatoms. The van der Waals surface area contributed by atoms with Gasteiger partial charge in [-0.3, -0.25) is 0 Å². The lowest BCUT2D eigenvalue weighted by molar-refractivity contribution is 0.0696. The van der Waals surface area contributed by atoms with E-state index in [9.17, 15) is 18.3 Å². The Balaban J connectivity index is 1.53. The Labute approximate surface area is 186 Å². The molecule has 0 saturated carbocycles. The fourth-order valence-electron chi connectivity index (χ4n) is 2.91. The van der Waals surface area contributed by atoms with E-state index in [1.807, 2.05) is 48.5 Å². The molecule has 0 aliphatic rings. The lowest BCUT2D eigenvalue weighted by atomic mass is 10.1. The molecule has 0 heterocycles. The predicted octanol–water partition coefficient (Wildman–Crippen LogP) is 4.45. The first kappa shape index (κ1) is 22.8. The van der Waals surface area contributed by atoms with Crippen molar-refractivity contribution < 1.29 is 23.1 Å². The molecule has 0 amide bonds. The minimum absolute atomic E-state index is 0.0305. The molecule has 3 aromatic rings. The van der Waals surface area contributed by atoms with E-state index in [2.05, 4.69) is 4.72 Å². The number of sulfonamides is 1. The Bertz CT molecular complexity index is 1160. The van der Waals surface area contributed by atoms with Crippen LogP contribution in [-0.4, -0.2) is 26.0 Å². The Morgan fingerprint density at radius 1 is 1.00 bits per heavy atom. The SMILES string of the molecule is Cc1ccc(S(=O)(=O)NCCc2ccc(OCc3ccc(Cl)cc3)cc2)cc1C(=O)O. The molecule has 6 nitrogen and oxygen atoms in total. The lowest BCUT2D eigenvalue weighted by Crippen LogP contribution is -2.26. The van der Waals surface area contributed by atoms with E-state index in [-0.39, 0.29) is 17.0 Å². The van der Waals surface area contributed by atoms with Crippen molar-refractivity contribution in [2.75, 3.05) is 6.54 Å². The van der Waals surface area contributed by atoms with E-state index in [0.717, 1.165) is 11.1 Å². The summed E-state index contributed by atoms with van der Waals surface area (Å²) in [7, 11) is -3.80. The number of carboxylic acid groups (broad SMARTS) is 1. The Kier molecular flexibility index (Phi) is 7.33. The van der Waals surface area contributed by atoms with Crippen LogP contribution in [0.1, 0.15) is 27.0 Å². The van der Waals surface area contributed by atoms with Crippen LogP contribution in [0.25, 0.3) is 0 Å². The number of aryl methyl sites for hydroxylation is 1. The first-order valence-corrected chi connectivity index (χ1v) is 11.4. The minimum atomic E-state index is -3.80. The Morgan fingerprint density at radius 3 is 2.29 bits per heavy atom. The number of rotatable bonds is 9. The molecule has 0 bridgehead atoms. The molecule has 0 unspecified atom stereocenters. The quantitative estimate of drug-likeness (QED) is 0.493. The molecule has 3 rings (SSSR count). The highest BCUT2D eigenvalue weighted by atomic mass is 35.5. The average molecular weight is 460 g/mol. The number of halogens is 1. The van der Waals surface area contributed by atoms with Crippen LogP contribution in [-0.2, 0) is 23.1 Å². The summed E-state index contributed by atoms with van der Waals surface area (Å²) in [5.74, 6) is -0.451. The van der Waals surface area contributed by atoms with E-state index in [1.54, 1.807) is 6.92 Å². The van der Waals surface area contributed by atoms with Crippen molar-refractivity contribution in [3.05, 3.63) is 94.0 Å². The zero-order chi connectivity index (χ0) is 22.4. The number of carbonyl (C=O) groups is 1. The van der Waals surface area contributed by atoms with E-state index in [1.165, 1.54) is 18.2 Å². The molecule has 0 fully saturated rings.